The molecule has 2 bridgehead atoms. The summed E-state index contributed by atoms with van der Waals surface area (Å²) in [5.74, 6) is 1.10. The molecular formula is C15H25N. The number of allylic oxidation sites excluding steroid dienone is 1. The van der Waals surface area contributed by atoms with E-state index < -0.39 is 0 Å². The van der Waals surface area contributed by atoms with Crippen LogP contribution in [-0.4, -0.2) is 23.0 Å². The molecule has 4 fully saturated rings. The van der Waals surface area contributed by atoms with Crippen molar-refractivity contribution >= 4 is 0 Å². The number of likely N-dealkylation sites (tertiary alicyclic amines) is 1. The zero-order valence-corrected chi connectivity index (χ0v) is 11.0. The van der Waals surface area contributed by atoms with Crippen LogP contribution in [0, 0.1) is 11.3 Å². The molecule has 3 aliphatic carbocycles. The van der Waals surface area contributed by atoms with Gasteiger partial charge in [-0.3, -0.25) is 4.90 Å². The van der Waals surface area contributed by atoms with Gasteiger partial charge in [0.05, 0.1) is 0 Å². The summed E-state index contributed by atoms with van der Waals surface area (Å²) in [6.07, 6.45) is 12.2. The van der Waals surface area contributed by atoms with Crippen LogP contribution in [0.5, 0.6) is 0 Å². The Hall–Kier alpha value is -0.300. The predicted octanol–water partition coefficient (Wildman–Crippen LogP) is 3.61. The Morgan fingerprint density at radius 1 is 1.19 bits per heavy atom. The molecule has 0 amide bonds. The zero-order valence-electron chi connectivity index (χ0n) is 11.0. The molecule has 4 rings (SSSR count). The van der Waals surface area contributed by atoms with E-state index in [4.69, 9.17) is 0 Å². The van der Waals surface area contributed by atoms with Gasteiger partial charge in [-0.2, -0.15) is 0 Å². The Bertz CT molecular complexity index is 293. The van der Waals surface area contributed by atoms with Crippen molar-refractivity contribution in [2.24, 2.45) is 11.3 Å². The average Bonchev–Trinajstić information content (AvgIpc) is 2.42. The molecule has 1 aliphatic heterocycles. The minimum atomic E-state index is 0.341. The monoisotopic (exact) mass is 219 g/mol. The number of nitrogens with zero attached hydrogens (tertiary/aromatic N) is 1. The summed E-state index contributed by atoms with van der Waals surface area (Å²) in [7, 11) is 0. The van der Waals surface area contributed by atoms with Crippen molar-refractivity contribution in [3.63, 3.8) is 0 Å². The molecule has 1 unspecified atom stereocenters. The summed E-state index contributed by atoms with van der Waals surface area (Å²) in [5, 5.41) is 0. The Labute approximate surface area is 99.9 Å². The van der Waals surface area contributed by atoms with Crippen molar-refractivity contribution in [3.8, 4) is 0 Å². The van der Waals surface area contributed by atoms with E-state index in [1.807, 2.05) is 0 Å². The van der Waals surface area contributed by atoms with Crippen molar-refractivity contribution in [3.05, 3.63) is 12.2 Å². The largest absolute Gasteiger partial charge is 0.291 e. The second-order valence-corrected chi connectivity index (χ2v) is 7.33. The van der Waals surface area contributed by atoms with Crippen LogP contribution in [0.1, 0.15) is 52.9 Å². The quantitative estimate of drug-likeness (QED) is 0.641. The highest BCUT2D eigenvalue weighted by molar-refractivity contribution is 5.19. The van der Waals surface area contributed by atoms with Crippen molar-refractivity contribution in [1.29, 1.82) is 0 Å². The fraction of sp³-hybridized carbons (Fsp3) is 0.867. The van der Waals surface area contributed by atoms with E-state index in [0.717, 1.165) is 12.0 Å². The highest BCUT2D eigenvalue weighted by Gasteiger charge is 2.61. The van der Waals surface area contributed by atoms with E-state index >= 15 is 0 Å². The molecule has 1 atom stereocenters. The van der Waals surface area contributed by atoms with E-state index in [0.29, 0.717) is 11.0 Å². The molecule has 16 heavy (non-hydrogen) atoms. The summed E-state index contributed by atoms with van der Waals surface area (Å²) >= 11 is 0. The van der Waals surface area contributed by atoms with Crippen LogP contribution in [0.4, 0.5) is 0 Å². The van der Waals surface area contributed by atoms with Gasteiger partial charge < -0.3 is 0 Å². The molecule has 1 heteroatoms. The van der Waals surface area contributed by atoms with Gasteiger partial charge in [0.15, 0.2) is 0 Å². The van der Waals surface area contributed by atoms with Gasteiger partial charge in [0.1, 0.15) is 0 Å². The first-order chi connectivity index (χ1) is 7.49. The molecule has 1 saturated heterocycles. The van der Waals surface area contributed by atoms with E-state index in [1.54, 1.807) is 0 Å². The van der Waals surface area contributed by atoms with Gasteiger partial charge in [0.2, 0.25) is 0 Å². The zero-order chi connectivity index (χ0) is 11.4. The molecule has 90 valence electrons. The Morgan fingerprint density at radius 2 is 1.88 bits per heavy atom. The maximum atomic E-state index is 2.83. The third-order valence-corrected chi connectivity index (χ3v) is 4.73. The van der Waals surface area contributed by atoms with Gasteiger partial charge >= 0.3 is 0 Å². The van der Waals surface area contributed by atoms with Crippen LogP contribution in [0.15, 0.2) is 12.2 Å². The lowest BCUT2D eigenvalue weighted by atomic mass is 9.49. The van der Waals surface area contributed by atoms with Crippen molar-refractivity contribution < 1.29 is 0 Å². The minimum absolute atomic E-state index is 0.341. The number of rotatable bonds is 2. The van der Waals surface area contributed by atoms with Crippen LogP contribution in [0.3, 0.4) is 0 Å². The first-order valence-corrected chi connectivity index (χ1v) is 6.95. The number of hydrogen-bond donors (Lipinski definition) is 0. The third kappa shape index (κ3) is 1.64. The molecule has 1 heterocycles. The average molecular weight is 219 g/mol. The van der Waals surface area contributed by atoms with Gasteiger partial charge in [-0.25, -0.2) is 0 Å². The summed E-state index contributed by atoms with van der Waals surface area (Å²) < 4.78 is 0. The molecule has 0 N–H and O–H groups in total. The van der Waals surface area contributed by atoms with Crippen LogP contribution in [0.2, 0.25) is 0 Å². The van der Waals surface area contributed by atoms with Crippen LogP contribution >= 0.6 is 0 Å². The first-order valence-electron chi connectivity index (χ1n) is 6.95. The SMILES string of the molecule is CC(C)(C)/C=C/C1CCCN1C12CC(C1)C2. The van der Waals surface area contributed by atoms with Crippen molar-refractivity contribution in [1.82, 2.24) is 4.90 Å². The van der Waals surface area contributed by atoms with Crippen LogP contribution < -0.4 is 0 Å². The molecular weight excluding hydrogens is 194 g/mol. The van der Waals surface area contributed by atoms with Gasteiger partial charge in [0, 0.05) is 11.6 Å². The van der Waals surface area contributed by atoms with E-state index in [-0.39, 0.29) is 0 Å². The molecule has 0 spiro atoms. The summed E-state index contributed by atoms with van der Waals surface area (Å²) in [6, 6.07) is 0.750. The lowest BCUT2D eigenvalue weighted by Gasteiger charge is -2.67. The second kappa shape index (κ2) is 3.35. The van der Waals surface area contributed by atoms with Crippen LogP contribution in [0.25, 0.3) is 0 Å². The minimum Gasteiger partial charge on any atom is -0.291 e. The fourth-order valence-corrected chi connectivity index (χ4v) is 3.77. The van der Waals surface area contributed by atoms with Crippen molar-refractivity contribution in [2.75, 3.05) is 6.54 Å². The lowest BCUT2D eigenvalue weighted by Crippen LogP contribution is -2.68. The molecule has 4 aliphatic rings. The smallest absolute Gasteiger partial charge is 0.0284 e. The lowest BCUT2D eigenvalue weighted by molar-refractivity contribution is -0.143. The molecule has 1 nitrogen and oxygen atoms in total. The number of hydrogen-bond acceptors (Lipinski definition) is 1. The summed E-state index contributed by atoms with van der Waals surface area (Å²) in [4.78, 5) is 2.83. The molecule has 0 aromatic carbocycles. The Balaban J connectivity index is 1.67. The molecule has 3 saturated carbocycles. The Kier molecular flexibility index (Phi) is 2.27. The summed E-state index contributed by atoms with van der Waals surface area (Å²) in [5.41, 5.74) is 1.02. The van der Waals surface area contributed by atoms with E-state index in [9.17, 15) is 0 Å². The van der Waals surface area contributed by atoms with E-state index in [2.05, 4.69) is 37.8 Å². The van der Waals surface area contributed by atoms with Gasteiger partial charge in [-0.05, 0) is 50.0 Å². The highest BCUT2D eigenvalue weighted by Crippen LogP contribution is 2.62. The maximum absolute atomic E-state index is 2.83. The molecule has 0 radical (unpaired) electrons. The first kappa shape index (κ1) is 10.8. The Morgan fingerprint density at radius 3 is 2.38 bits per heavy atom. The van der Waals surface area contributed by atoms with Gasteiger partial charge in [-0.1, -0.05) is 32.9 Å². The van der Waals surface area contributed by atoms with Gasteiger partial charge in [0.25, 0.3) is 0 Å². The third-order valence-electron chi connectivity index (χ3n) is 4.73. The maximum Gasteiger partial charge on any atom is 0.0284 e. The topological polar surface area (TPSA) is 3.24 Å². The second-order valence-electron chi connectivity index (χ2n) is 7.33. The highest BCUT2D eigenvalue weighted by atomic mass is 15.3. The van der Waals surface area contributed by atoms with E-state index in [1.165, 1.54) is 38.6 Å². The van der Waals surface area contributed by atoms with Gasteiger partial charge in [-0.15, -0.1) is 0 Å². The fourth-order valence-electron chi connectivity index (χ4n) is 3.77. The predicted molar refractivity (Wildman–Crippen MR) is 68.4 cm³/mol. The van der Waals surface area contributed by atoms with Crippen LogP contribution in [-0.2, 0) is 0 Å². The summed E-state index contributed by atoms with van der Waals surface area (Å²) in [6.45, 7) is 8.24. The standard InChI is InChI=1S/C15H25N/c1-14(2,3)7-6-13-5-4-8-16(13)15-9-12(10-15)11-15/h6-7,12-13H,4-5,8-11H2,1-3H3/b7-6+. The van der Waals surface area contributed by atoms with Crippen molar-refractivity contribution in [2.45, 2.75) is 64.5 Å². The molecule has 0 aromatic rings. The normalized spacial score (nSPS) is 43.4. The molecule has 0 aromatic heterocycles.